The van der Waals surface area contributed by atoms with E-state index in [0.717, 1.165) is 163 Å². The number of nitrogens with one attached hydrogen (secondary N) is 10. The van der Waals surface area contributed by atoms with Gasteiger partial charge in [-0.05, 0) is 125 Å². The van der Waals surface area contributed by atoms with Crippen molar-refractivity contribution < 1.29 is 28.5 Å². The van der Waals surface area contributed by atoms with Crippen molar-refractivity contribution in [2.45, 2.75) is 100 Å². The van der Waals surface area contributed by atoms with Crippen LogP contribution in [0.15, 0.2) is 175 Å². The molecule has 1 aliphatic heterocycles. The van der Waals surface area contributed by atoms with Gasteiger partial charge in [0, 0.05) is 156 Å². The van der Waals surface area contributed by atoms with Gasteiger partial charge >= 0.3 is 0 Å². The number of H-pyrrole nitrogens is 9. The third-order valence-corrected chi connectivity index (χ3v) is 24.5. The highest BCUT2D eigenvalue weighted by molar-refractivity contribution is 7.11. The molecular weight excluding hydrogens is 1730 g/mol. The maximum absolute atomic E-state index is 12.7. The first kappa shape index (κ1) is 88.4. The molecule has 1 fully saturated rings. The van der Waals surface area contributed by atoms with E-state index in [-0.39, 0.29) is 41.4 Å². The summed E-state index contributed by atoms with van der Waals surface area (Å²) >= 11 is 1.32. The molecule has 1 unspecified atom stereocenters. The van der Waals surface area contributed by atoms with Crippen LogP contribution in [0.25, 0.3) is 149 Å². The minimum absolute atomic E-state index is 0.00751. The van der Waals surface area contributed by atoms with Crippen molar-refractivity contribution in [2.75, 3.05) is 61.4 Å². The number of nitrogens with two attached hydrogens (primary N) is 5. The summed E-state index contributed by atoms with van der Waals surface area (Å²) in [5, 5.41) is 37.4. The number of fused-ring (bicyclic) bond motifs is 15. The van der Waals surface area contributed by atoms with E-state index in [9.17, 15) is 24.0 Å². The Morgan fingerprint density at radius 3 is 1.24 bits per heavy atom. The lowest BCUT2D eigenvalue weighted by atomic mass is 9.93. The second-order valence-electron chi connectivity index (χ2n) is 32.5. The summed E-state index contributed by atoms with van der Waals surface area (Å²) in [5.74, 6) is 4.98. The van der Waals surface area contributed by atoms with Crippen LogP contribution in [0.1, 0.15) is 113 Å². The molecule has 0 radical (unpaired) electrons. The normalized spacial score (nSPS) is 12.7. The van der Waals surface area contributed by atoms with E-state index in [1.165, 1.54) is 18.3 Å². The molecule has 2 aliphatic rings. The fourth-order valence-electron chi connectivity index (χ4n) is 16.5. The Balaban J connectivity index is 0.000000113. The van der Waals surface area contributed by atoms with E-state index in [0.29, 0.717) is 133 Å². The zero-order valence-corrected chi connectivity index (χ0v) is 75.7. The van der Waals surface area contributed by atoms with Gasteiger partial charge in [0.25, 0.3) is 5.91 Å². The van der Waals surface area contributed by atoms with E-state index >= 15 is 0 Å². The number of benzene rings is 5. The Bertz CT molecular complexity index is 7850. The van der Waals surface area contributed by atoms with Crippen LogP contribution in [0.5, 0.6) is 0 Å². The van der Waals surface area contributed by atoms with Gasteiger partial charge in [-0.2, -0.15) is 20.4 Å². The summed E-state index contributed by atoms with van der Waals surface area (Å²) in [6.07, 6.45) is 16.1. The topological polar surface area (TPSA) is 579 Å². The highest BCUT2D eigenvalue weighted by atomic mass is 32.1. The lowest BCUT2D eigenvalue weighted by Gasteiger charge is -2.21. The van der Waals surface area contributed by atoms with Gasteiger partial charge in [-0.25, -0.2) is 59.4 Å². The molecule has 20 aromatic rings. The van der Waals surface area contributed by atoms with Gasteiger partial charge in [-0.1, -0.05) is 37.3 Å². The molecule has 135 heavy (non-hydrogen) atoms. The number of aliphatic imine (C=N–C) groups is 1. The molecule has 22 rings (SSSR count). The van der Waals surface area contributed by atoms with E-state index in [2.05, 4.69) is 124 Å². The van der Waals surface area contributed by atoms with Crippen LogP contribution in [0.3, 0.4) is 0 Å². The predicted molar refractivity (Wildman–Crippen MR) is 520 cm³/mol. The summed E-state index contributed by atoms with van der Waals surface area (Å²) in [4.78, 5) is 133. The monoisotopic (exact) mass is 1830 g/mol. The largest absolute Gasteiger partial charge is 0.382 e. The number of aromatic amines is 9. The number of hydrogen-bond donors (Lipinski definition) is 15. The Labute approximate surface area is 772 Å². The van der Waals surface area contributed by atoms with E-state index < -0.39 is 0 Å². The zero-order chi connectivity index (χ0) is 94.0. The van der Waals surface area contributed by atoms with Gasteiger partial charge < -0.3 is 73.5 Å². The smallest absolute Gasteiger partial charge is 0.283 e. The van der Waals surface area contributed by atoms with Gasteiger partial charge in [0.15, 0.2) is 5.01 Å². The lowest BCUT2D eigenvalue weighted by Crippen LogP contribution is -2.34. The van der Waals surface area contributed by atoms with Crippen molar-refractivity contribution >= 4 is 180 Å². The third kappa shape index (κ3) is 18.3. The summed E-state index contributed by atoms with van der Waals surface area (Å²) in [6, 6.07) is 37.5. The van der Waals surface area contributed by atoms with Crippen LogP contribution in [0.4, 0.5) is 34.8 Å². The molecule has 5 amide bonds. The van der Waals surface area contributed by atoms with Crippen LogP contribution in [-0.4, -0.2) is 203 Å². The fraction of sp³-hybridized carbons (Fsp3) is 0.223. The molecule has 1 aliphatic carbocycles. The van der Waals surface area contributed by atoms with Crippen LogP contribution in [-0.2, 0) is 45.4 Å². The molecule has 40 nitrogen and oxygen atoms in total. The summed E-state index contributed by atoms with van der Waals surface area (Å²) < 4.78 is 1.95. The molecule has 682 valence electrons. The molecular formula is C94H96N35O5S+. The highest BCUT2D eigenvalue weighted by Gasteiger charge is 2.34. The predicted octanol–water partition coefficient (Wildman–Crippen LogP) is 12.7. The van der Waals surface area contributed by atoms with Gasteiger partial charge in [0.1, 0.15) is 120 Å². The van der Waals surface area contributed by atoms with Crippen LogP contribution in [0, 0.1) is 5.92 Å². The Kier molecular flexibility index (Phi) is 24.7. The first-order valence-electron chi connectivity index (χ1n) is 43.8. The maximum atomic E-state index is 12.7. The molecule has 0 bridgehead atoms. The number of carbonyl (C=O) groups excluding carboxylic acids is 5. The number of aromatic nitrogens is 24. The molecule has 5 aromatic carbocycles. The highest BCUT2D eigenvalue weighted by Crippen LogP contribution is 2.45. The van der Waals surface area contributed by atoms with Gasteiger partial charge in [-0.3, -0.25) is 49.4 Å². The molecule has 0 saturated heterocycles. The van der Waals surface area contributed by atoms with Crippen molar-refractivity contribution in [1.82, 2.24) is 140 Å². The summed E-state index contributed by atoms with van der Waals surface area (Å²) in [7, 11) is 0. The van der Waals surface area contributed by atoms with Crippen LogP contribution in [0.2, 0.25) is 0 Å². The maximum Gasteiger partial charge on any atom is 0.283 e. The van der Waals surface area contributed by atoms with Crippen molar-refractivity contribution in [3.8, 4) is 50.7 Å². The number of nitrogen functional groups attached to an aromatic ring is 5. The number of imidazole rings is 5. The lowest BCUT2D eigenvalue weighted by molar-refractivity contribution is -0.594. The number of anilines is 5. The van der Waals surface area contributed by atoms with E-state index in [1.807, 2.05) is 165 Å². The summed E-state index contributed by atoms with van der Waals surface area (Å²) in [5.41, 5.74) is 51.9. The SMILES string of the molecule is CC(=O)NCc1nc2c([nH]1)c(N)nc1cc(-[n+]3cc[nH]c3)ccc12.CCN(CC1=Nc2c(N)nc3cc(-c4ccn[nH]4)ccc3c2C1C)C(C)=O.CCN(Cc1nc2c([nH]1)c(N)nc1cc(-c3ccn[nH]3)ccc12)C(=O)C1CC1.CCN(Cc1nc2c([nH]1)c(N)nc1cc(-c3ccn[nH]3)ccc12)C(=O)c1nccs1.CCN(Cc1nc2c([nH]1)c(N)nc1cc(-c3ccn[nH]3)ccc12)C(C)=O. The van der Waals surface area contributed by atoms with Crippen LogP contribution >= 0.6 is 11.3 Å². The number of hydrogen-bond acceptors (Lipinski definition) is 26. The third-order valence-electron chi connectivity index (χ3n) is 23.7. The van der Waals surface area contributed by atoms with Crippen molar-refractivity contribution in [1.29, 1.82) is 0 Å². The quantitative estimate of drug-likeness (QED) is 0.0297. The van der Waals surface area contributed by atoms with Crippen molar-refractivity contribution in [3.63, 3.8) is 0 Å². The standard InChI is InChI=1S/C20H18N8OS.C20H21N7O.C20H22N6O.C18H19N7O.C16H15N7O/c1-2-28(20(29)19-22-7-8-30-19)10-15-25-16-12-4-3-11(13-5-6-23-27-13)9-14(12)24-18(21)17(16)26-15;1-2-27(20(28)11-3-4-11)10-16-24-17-13-6-5-12(14-7-8-22-26-14)9-15(13)23-19(21)18(17)25-16;1-4-26(12(3)27)10-17-11(2)18-14-6-5-13(15-7-8-22-25-15)9-16(14)24-20(21)19(18)23-17;1-3-25(10(2)26)9-15-22-16-12-5-4-11(13-6-7-20-24-13)8-14(12)21-18(19)17(16)23-15;1-9(24)19-7-13-21-14-11-3-2-10(23-5-4-18-8-23)6-12(11)20-16(17)15(14)22-13/h3-9H,2,10H2,1H3,(H2,21,24)(H,23,27)(H,25,26);5-9,11H,2-4,10H2,1H3,(H2,21,23)(H,22,26)(H,24,25);5-9,11H,4,10H2,1-3H3,(H2,21,24)(H,22,25);4-8H,3,9H2,1-2H3,(H2,19,21)(H,20,24)(H,22,23);2-6,8H,7H2,1H3,(H4,17,19,20,21,22,24)/p+1. The average Bonchev–Trinajstić information content (AvgIpc) is 1.60. The first-order valence-corrected chi connectivity index (χ1v) is 44.7. The van der Waals surface area contributed by atoms with Crippen molar-refractivity contribution in [2.24, 2.45) is 10.9 Å². The Hall–Kier alpha value is -17.3. The molecule has 1 atom stereocenters. The van der Waals surface area contributed by atoms with E-state index in [4.69, 9.17) is 43.6 Å². The molecule has 1 saturated carbocycles. The van der Waals surface area contributed by atoms with Gasteiger partial charge in [0.2, 0.25) is 30.0 Å². The Morgan fingerprint density at radius 2 is 0.844 bits per heavy atom. The van der Waals surface area contributed by atoms with Crippen LogP contribution < -0.4 is 38.6 Å². The number of pyridine rings is 5. The summed E-state index contributed by atoms with van der Waals surface area (Å²) in [6.45, 7) is 19.0. The number of amides is 5. The van der Waals surface area contributed by atoms with Gasteiger partial charge in [-0.15, -0.1) is 11.3 Å². The van der Waals surface area contributed by atoms with E-state index in [1.54, 1.807) is 64.9 Å². The fourth-order valence-corrected chi connectivity index (χ4v) is 17.1. The minimum Gasteiger partial charge on any atom is -0.382 e. The number of rotatable bonds is 21. The number of thiazole rings is 1. The Morgan fingerprint density at radius 1 is 0.452 bits per heavy atom. The number of carbonyl (C=O) groups is 5. The molecule has 41 heteroatoms. The minimum atomic E-state index is -0.117. The van der Waals surface area contributed by atoms with Crippen molar-refractivity contribution in [3.05, 3.63) is 204 Å². The zero-order valence-electron chi connectivity index (χ0n) is 74.9. The molecule has 15 aromatic heterocycles. The number of nitrogens with zero attached hydrogens (tertiary/aromatic N) is 20. The first-order chi connectivity index (χ1) is 65.4. The molecule has 20 N–H and O–H groups in total. The molecule has 0 spiro atoms. The average molecular weight is 1830 g/mol. The molecule has 16 heterocycles. The second kappa shape index (κ2) is 37.7. The second-order valence-corrected chi connectivity index (χ2v) is 33.4. The van der Waals surface area contributed by atoms with Gasteiger partial charge in [0.05, 0.1) is 83.1 Å².